The van der Waals surface area contributed by atoms with Crippen molar-refractivity contribution in [1.82, 2.24) is 9.97 Å². The first-order valence-corrected chi connectivity index (χ1v) is 5.81. The predicted molar refractivity (Wildman–Crippen MR) is 70.2 cm³/mol. The number of fused-ring (bicyclic) bond motifs is 1. The number of hydrogen-bond acceptors (Lipinski definition) is 3. The van der Waals surface area contributed by atoms with Crippen LogP contribution in [0.5, 0.6) is 0 Å². The second-order valence-electron chi connectivity index (χ2n) is 5.23. The number of H-pyrrole nitrogens is 1. The molecule has 0 saturated heterocycles. The number of anilines is 1. The van der Waals surface area contributed by atoms with Crippen molar-refractivity contribution >= 4 is 16.7 Å². The van der Waals surface area contributed by atoms with Crippen molar-refractivity contribution < 1.29 is 5.11 Å². The van der Waals surface area contributed by atoms with Crippen molar-refractivity contribution in [2.45, 2.75) is 20.8 Å². The van der Waals surface area contributed by atoms with Gasteiger partial charge in [0.25, 0.3) is 0 Å². The molecule has 0 spiro atoms. The number of aromatic amines is 1. The minimum absolute atomic E-state index is 0.112. The third-order valence-corrected chi connectivity index (χ3v) is 2.80. The number of nitrogens with zero attached hydrogens (tertiary/aromatic N) is 1. The zero-order valence-electron chi connectivity index (χ0n) is 10.5. The molecule has 0 saturated carbocycles. The predicted octanol–water partition coefficient (Wildman–Crippen LogP) is 2.30. The second-order valence-corrected chi connectivity index (χ2v) is 5.23. The lowest BCUT2D eigenvalue weighted by Gasteiger charge is -2.22. The summed E-state index contributed by atoms with van der Waals surface area (Å²) in [5.41, 5.74) is 2.95. The molecular formula is C13H19N3O. The maximum atomic E-state index is 9.19. The molecule has 2 aromatic rings. The van der Waals surface area contributed by atoms with Crippen LogP contribution in [0.2, 0.25) is 0 Å². The zero-order chi connectivity index (χ0) is 12.5. The van der Waals surface area contributed by atoms with E-state index in [9.17, 15) is 5.11 Å². The van der Waals surface area contributed by atoms with Crippen LogP contribution in [-0.4, -0.2) is 28.2 Å². The van der Waals surface area contributed by atoms with Crippen LogP contribution in [0, 0.1) is 12.3 Å². The lowest BCUT2D eigenvalue weighted by atomic mass is 9.95. The normalized spacial score (nSPS) is 12.0. The third-order valence-electron chi connectivity index (χ3n) is 2.80. The highest BCUT2D eigenvalue weighted by molar-refractivity contribution is 5.79. The average Bonchev–Trinajstić information content (AvgIpc) is 2.66. The molecule has 4 heteroatoms. The first kappa shape index (κ1) is 11.9. The van der Waals surface area contributed by atoms with Crippen LogP contribution >= 0.6 is 0 Å². The van der Waals surface area contributed by atoms with Gasteiger partial charge in [-0.2, -0.15) is 0 Å². The van der Waals surface area contributed by atoms with Gasteiger partial charge in [-0.15, -0.1) is 0 Å². The van der Waals surface area contributed by atoms with Crippen molar-refractivity contribution in [2.24, 2.45) is 5.41 Å². The van der Waals surface area contributed by atoms with Crippen LogP contribution in [0.4, 0.5) is 5.69 Å². The molecule has 0 atom stereocenters. The number of nitrogens with one attached hydrogen (secondary N) is 2. The van der Waals surface area contributed by atoms with Crippen molar-refractivity contribution in [3.05, 3.63) is 24.0 Å². The Bertz CT molecular complexity index is 516. The molecular weight excluding hydrogens is 214 g/mol. The van der Waals surface area contributed by atoms with Gasteiger partial charge in [0.1, 0.15) is 5.82 Å². The van der Waals surface area contributed by atoms with Crippen molar-refractivity contribution in [3.63, 3.8) is 0 Å². The molecule has 0 radical (unpaired) electrons. The number of aromatic nitrogens is 2. The average molecular weight is 233 g/mol. The summed E-state index contributed by atoms with van der Waals surface area (Å²) in [5.74, 6) is 0.924. The fourth-order valence-corrected chi connectivity index (χ4v) is 1.64. The van der Waals surface area contributed by atoms with E-state index >= 15 is 0 Å². The number of aliphatic hydroxyl groups is 1. The molecule has 0 bridgehead atoms. The van der Waals surface area contributed by atoms with Crippen LogP contribution < -0.4 is 5.32 Å². The Labute approximate surface area is 101 Å². The van der Waals surface area contributed by atoms with Gasteiger partial charge in [0, 0.05) is 24.3 Å². The molecule has 0 aliphatic rings. The summed E-state index contributed by atoms with van der Waals surface area (Å²) >= 11 is 0. The van der Waals surface area contributed by atoms with Crippen LogP contribution in [0.3, 0.4) is 0 Å². The monoisotopic (exact) mass is 233 g/mol. The van der Waals surface area contributed by atoms with E-state index in [0.717, 1.165) is 29.1 Å². The van der Waals surface area contributed by atoms with Crippen LogP contribution in [0.1, 0.15) is 19.7 Å². The highest BCUT2D eigenvalue weighted by atomic mass is 16.3. The van der Waals surface area contributed by atoms with Gasteiger partial charge in [-0.25, -0.2) is 4.98 Å². The van der Waals surface area contributed by atoms with Gasteiger partial charge in [0.2, 0.25) is 0 Å². The molecule has 2 rings (SSSR count). The first-order chi connectivity index (χ1) is 8.00. The van der Waals surface area contributed by atoms with Crippen LogP contribution in [0.25, 0.3) is 11.0 Å². The van der Waals surface area contributed by atoms with Gasteiger partial charge in [-0.1, -0.05) is 13.8 Å². The van der Waals surface area contributed by atoms with Crippen molar-refractivity contribution in [2.75, 3.05) is 18.5 Å². The molecule has 0 fully saturated rings. The smallest absolute Gasteiger partial charge is 0.104 e. The molecule has 0 amide bonds. The van der Waals surface area contributed by atoms with Gasteiger partial charge in [-0.3, -0.25) is 0 Å². The molecule has 0 unspecified atom stereocenters. The highest BCUT2D eigenvalue weighted by Gasteiger charge is 2.15. The number of aliphatic hydroxyl groups excluding tert-OH is 1. The summed E-state index contributed by atoms with van der Waals surface area (Å²) in [6, 6.07) is 6.05. The van der Waals surface area contributed by atoms with E-state index in [4.69, 9.17) is 0 Å². The van der Waals surface area contributed by atoms with Crippen molar-refractivity contribution in [1.29, 1.82) is 0 Å². The Hall–Kier alpha value is -1.55. The van der Waals surface area contributed by atoms with E-state index in [1.807, 2.05) is 39.0 Å². The summed E-state index contributed by atoms with van der Waals surface area (Å²) in [4.78, 5) is 7.57. The Balaban J connectivity index is 2.14. The van der Waals surface area contributed by atoms with Gasteiger partial charge >= 0.3 is 0 Å². The van der Waals surface area contributed by atoms with E-state index < -0.39 is 0 Å². The maximum Gasteiger partial charge on any atom is 0.104 e. The molecule has 17 heavy (non-hydrogen) atoms. The Morgan fingerprint density at radius 3 is 2.88 bits per heavy atom. The molecule has 4 nitrogen and oxygen atoms in total. The largest absolute Gasteiger partial charge is 0.396 e. The quantitative estimate of drug-likeness (QED) is 0.759. The first-order valence-electron chi connectivity index (χ1n) is 5.81. The minimum Gasteiger partial charge on any atom is -0.396 e. The fourth-order valence-electron chi connectivity index (χ4n) is 1.64. The van der Waals surface area contributed by atoms with Gasteiger partial charge in [0.15, 0.2) is 0 Å². The number of rotatable bonds is 4. The second kappa shape index (κ2) is 4.37. The van der Waals surface area contributed by atoms with Crippen LogP contribution in [-0.2, 0) is 0 Å². The van der Waals surface area contributed by atoms with Gasteiger partial charge in [-0.05, 0) is 25.1 Å². The maximum absolute atomic E-state index is 9.19. The summed E-state index contributed by atoms with van der Waals surface area (Å²) in [7, 11) is 0. The molecule has 92 valence electrons. The van der Waals surface area contributed by atoms with Crippen LogP contribution in [0.15, 0.2) is 18.2 Å². The number of imidazole rings is 1. The molecule has 1 aromatic heterocycles. The summed E-state index contributed by atoms with van der Waals surface area (Å²) in [5, 5.41) is 12.5. The Morgan fingerprint density at radius 2 is 2.18 bits per heavy atom. The number of benzene rings is 1. The standard InChI is InChI=1S/C13H19N3O/c1-9-15-11-5-4-10(6-12(11)16-9)14-7-13(2,3)8-17/h4-6,14,17H,7-8H2,1-3H3,(H,15,16). The lowest BCUT2D eigenvalue weighted by molar-refractivity contribution is 0.171. The zero-order valence-corrected chi connectivity index (χ0v) is 10.5. The summed E-state index contributed by atoms with van der Waals surface area (Å²) in [6.07, 6.45) is 0. The van der Waals surface area contributed by atoms with E-state index in [1.165, 1.54) is 0 Å². The minimum atomic E-state index is -0.112. The molecule has 0 aliphatic heterocycles. The summed E-state index contributed by atoms with van der Waals surface area (Å²) < 4.78 is 0. The molecule has 0 aliphatic carbocycles. The van der Waals surface area contributed by atoms with Crippen molar-refractivity contribution in [3.8, 4) is 0 Å². The third kappa shape index (κ3) is 2.77. The highest BCUT2D eigenvalue weighted by Crippen LogP contribution is 2.19. The van der Waals surface area contributed by atoms with E-state index in [0.29, 0.717) is 0 Å². The molecule has 3 N–H and O–H groups in total. The van der Waals surface area contributed by atoms with E-state index in [-0.39, 0.29) is 12.0 Å². The SMILES string of the molecule is Cc1nc2ccc(NCC(C)(C)CO)cc2[nH]1. The lowest BCUT2D eigenvalue weighted by Crippen LogP contribution is -2.26. The molecule has 1 heterocycles. The Kier molecular flexibility index (Phi) is 3.07. The topological polar surface area (TPSA) is 60.9 Å². The molecule has 1 aromatic carbocycles. The summed E-state index contributed by atoms with van der Waals surface area (Å²) in [6.45, 7) is 6.91. The van der Waals surface area contributed by atoms with Gasteiger partial charge in [0.05, 0.1) is 11.0 Å². The van der Waals surface area contributed by atoms with E-state index in [2.05, 4.69) is 15.3 Å². The van der Waals surface area contributed by atoms with E-state index in [1.54, 1.807) is 0 Å². The fraction of sp³-hybridized carbons (Fsp3) is 0.462. The van der Waals surface area contributed by atoms with Gasteiger partial charge < -0.3 is 15.4 Å². The number of hydrogen-bond donors (Lipinski definition) is 3. The Morgan fingerprint density at radius 1 is 1.41 bits per heavy atom. The number of aryl methyl sites for hydroxylation is 1.